The summed E-state index contributed by atoms with van der Waals surface area (Å²) in [6, 6.07) is 8.02. The number of carbonyl (C=O) groups is 3. The highest BCUT2D eigenvalue weighted by Gasteiger charge is 2.53. The van der Waals surface area contributed by atoms with E-state index in [2.05, 4.69) is 0 Å². The monoisotopic (exact) mass is 768 g/mol. The van der Waals surface area contributed by atoms with E-state index in [1.165, 1.54) is 26.2 Å². The van der Waals surface area contributed by atoms with Gasteiger partial charge in [-0.3, -0.25) is 4.79 Å². The molecule has 0 aromatic heterocycles. The predicted molar refractivity (Wildman–Crippen MR) is 186 cm³/mol. The SMILES string of the molecule is COC(=O)CC[C@H]1CCC[C@@H](O[C@@H]2O[C@H](CO)[C@H](O)[C@H](O[C@@H](CC3CCCCC3)C(=O)O)[C@H]2OC(=O)c2ccccc2)[C@@H]1O[C@@H]1O[C@@H](C)[C@@H](O)[C@@H](O)[C@@H]1O. The van der Waals surface area contributed by atoms with E-state index in [1.807, 2.05) is 0 Å². The molecule has 0 spiro atoms. The number of ether oxygens (including phenoxy) is 7. The van der Waals surface area contributed by atoms with Gasteiger partial charge in [-0.2, -0.15) is 0 Å². The Kier molecular flexibility index (Phi) is 15.6. The van der Waals surface area contributed by atoms with Crippen LogP contribution in [-0.2, 0) is 42.7 Å². The lowest BCUT2D eigenvalue weighted by molar-refractivity contribution is -0.348. The number of aliphatic carboxylic acids is 1. The van der Waals surface area contributed by atoms with Gasteiger partial charge in [-0.15, -0.1) is 0 Å². The van der Waals surface area contributed by atoms with E-state index in [0.29, 0.717) is 19.3 Å². The van der Waals surface area contributed by atoms with Crippen molar-refractivity contribution >= 4 is 17.9 Å². The molecule has 4 aliphatic rings. The van der Waals surface area contributed by atoms with Crippen molar-refractivity contribution in [1.29, 1.82) is 0 Å². The number of rotatable bonds is 15. The van der Waals surface area contributed by atoms with Gasteiger partial charge in [-0.1, -0.05) is 56.7 Å². The van der Waals surface area contributed by atoms with Crippen molar-refractivity contribution in [1.82, 2.24) is 0 Å². The minimum Gasteiger partial charge on any atom is -0.479 e. The fourth-order valence-electron chi connectivity index (χ4n) is 8.05. The fraction of sp³-hybridized carbons (Fsp3) is 0.763. The first-order valence-corrected chi connectivity index (χ1v) is 19.1. The summed E-state index contributed by atoms with van der Waals surface area (Å²) in [6.07, 6.45) is -11.1. The standard InChI is InChI=1S/C38H56O16/c1-20-28(41)30(43)31(44)37(49-20)54-32-22(16-17-27(40)48-2)14-9-15-24(32)51-38-34(53-36(47)23-12-7-4-8-13-23)33(29(42)26(19-39)52-38)50-25(35(45)46)18-21-10-5-3-6-11-21/h4,7-8,12-13,20-22,24-26,28-34,37-39,41-44H,3,5-6,9-11,14-19H2,1-2H3,(H,45,46)/t20-,22+,24+,25-,26+,28+,29-,30+,31-,32+,33-,34+,37-,38+/m0/s1. The molecule has 4 fully saturated rings. The zero-order valence-corrected chi connectivity index (χ0v) is 30.8. The molecule has 2 aliphatic heterocycles. The maximum atomic E-state index is 13.6. The molecule has 304 valence electrons. The van der Waals surface area contributed by atoms with Crippen molar-refractivity contribution in [3.63, 3.8) is 0 Å². The Labute approximate surface area is 314 Å². The maximum Gasteiger partial charge on any atom is 0.338 e. The fourth-order valence-corrected chi connectivity index (χ4v) is 8.05. The topological polar surface area (TPSA) is 237 Å². The predicted octanol–water partition coefficient (Wildman–Crippen LogP) is 1.45. The number of carboxylic acid groups (broad SMARTS) is 1. The molecule has 2 saturated heterocycles. The summed E-state index contributed by atoms with van der Waals surface area (Å²) in [6.45, 7) is 0.799. The summed E-state index contributed by atoms with van der Waals surface area (Å²) in [7, 11) is 1.27. The van der Waals surface area contributed by atoms with Crippen LogP contribution in [0.3, 0.4) is 0 Å². The third-order valence-electron chi connectivity index (χ3n) is 11.2. The van der Waals surface area contributed by atoms with E-state index in [0.717, 1.165) is 32.1 Å². The highest BCUT2D eigenvalue weighted by Crippen LogP contribution is 2.39. The number of aliphatic hydroxyl groups is 5. The van der Waals surface area contributed by atoms with Gasteiger partial charge in [0.25, 0.3) is 0 Å². The first kappa shape index (κ1) is 42.4. The molecule has 2 saturated carbocycles. The van der Waals surface area contributed by atoms with Crippen LogP contribution in [0.25, 0.3) is 0 Å². The molecule has 1 aromatic carbocycles. The van der Waals surface area contributed by atoms with Crippen molar-refractivity contribution in [2.24, 2.45) is 11.8 Å². The summed E-state index contributed by atoms with van der Waals surface area (Å²) in [4.78, 5) is 38.4. The number of hydrogen-bond acceptors (Lipinski definition) is 15. The van der Waals surface area contributed by atoms with Crippen LogP contribution in [0.4, 0.5) is 0 Å². The number of benzene rings is 1. The average Bonchev–Trinajstić information content (AvgIpc) is 3.18. The normalized spacial score (nSPS) is 36.9. The van der Waals surface area contributed by atoms with E-state index in [-0.39, 0.29) is 36.7 Å². The van der Waals surface area contributed by atoms with Crippen molar-refractivity contribution in [2.45, 2.75) is 157 Å². The van der Waals surface area contributed by atoms with Gasteiger partial charge in [0.1, 0.15) is 36.6 Å². The molecule has 16 nitrogen and oxygen atoms in total. The van der Waals surface area contributed by atoms with Gasteiger partial charge in [-0.25, -0.2) is 9.59 Å². The van der Waals surface area contributed by atoms with Crippen molar-refractivity contribution < 1.29 is 78.2 Å². The van der Waals surface area contributed by atoms with E-state index in [1.54, 1.807) is 18.2 Å². The smallest absolute Gasteiger partial charge is 0.338 e. The summed E-state index contributed by atoms with van der Waals surface area (Å²) < 4.78 is 41.7. The van der Waals surface area contributed by atoms with Crippen molar-refractivity contribution in [3.05, 3.63) is 35.9 Å². The molecular formula is C38H56O16. The lowest BCUT2D eigenvalue weighted by Crippen LogP contribution is -2.64. The van der Waals surface area contributed by atoms with E-state index >= 15 is 0 Å². The lowest BCUT2D eigenvalue weighted by Gasteiger charge is -2.48. The van der Waals surface area contributed by atoms with E-state index in [4.69, 9.17) is 33.2 Å². The summed E-state index contributed by atoms with van der Waals surface area (Å²) >= 11 is 0. The molecule has 54 heavy (non-hydrogen) atoms. The van der Waals surface area contributed by atoms with Gasteiger partial charge in [0.15, 0.2) is 24.8 Å². The largest absolute Gasteiger partial charge is 0.479 e. The molecule has 14 atom stereocenters. The Morgan fingerprint density at radius 2 is 1.54 bits per heavy atom. The second-order valence-corrected chi connectivity index (χ2v) is 14.9. The van der Waals surface area contributed by atoms with Gasteiger partial charge < -0.3 is 63.8 Å². The maximum absolute atomic E-state index is 13.6. The molecule has 0 radical (unpaired) electrons. The minimum absolute atomic E-state index is 0.0308. The Balaban J connectivity index is 1.46. The Morgan fingerprint density at radius 1 is 0.815 bits per heavy atom. The van der Waals surface area contributed by atoms with Crippen LogP contribution in [0, 0.1) is 11.8 Å². The molecule has 2 heterocycles. The summed E-state index contributed by atoms with van der Waals surface area (Å²) in [5.74, 6) is -2.85. The van der Waals surface area contributed by atoms with Gasteiger partial charge in [0, 0.05) is 6.42 Å². The van der Waals surface area contributed by atoms with Gasteiger partial charge in [0.05, 0.1) is 37.6 Å². The van der Waals surface area contributed by atoms with Crippen LogP contribution in [0.1, 0.15) is 87.9 Å². The number of carbonyl (C=O) groups excluding carboxylic acids is 2. The minimum atomic E-state index is -1.64. The third-order valence-corrected chi connectivity index (χ3v) is 11.2. The first-order chi connectivity index (χ1) is 25.9. The molecule has 0 bridgehead atoms. The van der Waals surface area contributed by atoms with Crippen LogP contribution in [0.2, 0.25) is 0 Å². The van der Waals surface area contributed by atoms with Crippen LogP contribution in [0.15, 0.2) is 30.3 Å². The third kappa shape index (κ3) is 10.5. The highest BCUT2D eigenvalue weighted by atomic mass is 16.7. The average molecular weight is 769 g/mol. The van der Waals surface area contributed by atoms with Crippen LogP contribution in [0.5, 0.6) is 0 Å². The zero-order valence-electron chi connectivity index (χ0n) is 30.8. The van der Waals surface area contributed by atoms with E-state index < -0.39 is 104 Å². The Morgan fingerprint density at radius 3 is 2.20 bits per heavy atom. The molecular weight excluding hydrogens is 712 g/mol. The summed E-state index contributed by atoms with van der Waals surface area (Å²) in [5, 5.41) is 63.8. The van der Waals surface area contributed by atoms with Gasteiger partial charge in [-0.05, 0) is 56.6 Å². The molecule has 0 unspecified atom stereocenters. The van der Waals surface area contributed by atoms with Crippen LogP contribution < -0.4 is 0 Å². The second kappa shape index (κ2) is 19.9. The first-order valence-electron chi connectivity index (χ1n) is 19.1. The van der Waals surface area contributed by atoms with Crippen LogP contribution >= 0.6 is 0 Å². The lowest BCUT2D eigenvalue weighted by atomic mass is 9.81. The molecule has 0 amide bonds. The van der Waals surface area contributed by atoms with E-state index in [9.17, 15) is 45.0 Å². The summed E-state index contributed by atoms with van der Waals surface area (Å²) in [5.41, 5.74) is 0.158. The quantitative estimate of drug-likeness (QED) is 0.139. The molecule has 1 aromatic rings. The van der Waals surface area contributed by atoms with Crippen LogP contribution in [-0.4, -0.2) is 142 Å². The molecule has 16 heteroatoms. The Hall–Kier alpha value is -2.77. The van der Waals surface area contributed by atoms with Crippen molar-refractivity contribution in [3.8, 4) is 0 Å². The second-order valence-electron chi connectivity index (χ2n) is 14.9. The highest BCUT2D eigenvalue weighted by molar-refractivity contribution is 5.89. The molecule has 5 rings (SSSR count). The number of carboxylic acids is 1. The number of esters is 2. The number of hydrogen-bond donors (Lipinski definition) is 6. The number of aliphatic hydroxyl groups excluding tert-OH is 5. The van der Waals surface area contributed by atoms with Gasteiger partial charge >= 0.3 is 17.9 Å². The zero-order chi connectivity index (χ0) is 38.9. The Bertz CT molecular complexity index is 1340. The molecule has 6 N–H and O–H groups in total. The molecule has 2 aliphatic carbocycles. The van der Waals surface area contributed by atoms with Gasteiger partial charge in [0.2, 0.25) is 0 Å². The number of methoxy groups -OCH3 is 1. The van der Waals surface area contributed by atoms with Crippen molar-refractivity contribution in [2.75, 3.05) is 13.7 Å².